The smallest absolute Gasteiger partial charge is 0.142 e. The number of methoxy groups -OCH3 is 1. The molecule has 1 heterocycles. The van der Waals surface area contributed by atoms with Crippen LogP contribution in [0.1, 0.15) is 16.7 Å². The van der Waals surface area contributed by atoms with E-state index in [4.69, 9.17) is 4.74 Å². The predicted octanol–water partition coefficient (Wildman–Crippen LogP) is 3.83. The molecule has 2 aromatic rings. The van der Waals surface area contributed by atoms with Gasteiger partial charge in [0.25, 0.3) is 0 Å². The number of nitrogens with one attached hydrogen (secondary N) is 1. The van der Waals surface area contributed by atoms with E-state index in [2.05, 4.69) is 54.7 Å². The number of fused-ring (bicyclic) bond motifs is 1. The van der Waals surface area contributed by atoms with E-state index in [1.807, 2.05) is 0 Å². The fourth-order valence-corrected chi connectivity index (χ4v) is 3.06. The van der Waals surface area contributed by atoms with Crippen LogP contribution in [0.25, 0.3) is 0 Å². The summed E-state index contributed by atoms with van der Waals surface area (Å²) in [6.45, 7) is 3.20. The van der Waals surface area contributed by atoms with Crippen molar-refractivity contribution in [1.29, 1.82) is 0 Å². The van der Waals surface area contributed by atoms with Crippen molar-refractivity contribution in [2.75, 3.05) is 19.0 Å². The van der Waals surface area contributed by atoms with Crippen LogP contribution in [0.15, 0.2) is 42.5 Å². The molecule has 1 aliphatic heterocycles. The lowest BCUT2D eigenvalue weighted by molar-refractivity contribution is 0.413. The Morgan fingerprint density at radius 3 is 2.70 bits per heavy atom. The van der Waals surface area contributed by atoms with Gasteiger partial charge in [-0.15, -0.1) is 0 Å². The van der Waals surface area contributed by atoms with Crippen molar-refractivity contribution in [1.82, 2.24) is 0 Å². The number of ether oxygens (including phenoxy) is 1. The highest BCUT2D eigenvalue weighted by molar-refractivity contribution is 5.66. The third-order valence-electron chi connectivity index (χ3n) is 4.16. The first-order chi connectivity index (χ1) is 9.78. The van der Waals surface area contributed by atoms with E-state index in [1.54, 1.807) is 7.11 Å². The second kappa shape index (κ2) is 5.58. The number of aryl methyl sites for hydroxylation is 1. The maximum atomic E-state index is 5.46. The van der Waals surface area contributed by atoms with Gasteiger partial charge in [-0.25, -0.2) is 0 Å². The molecule has 0 spiro atoms. The van der Waals surface area contributed by atoms with Gasteiger partial charge in [-0.1, -0.05) is 36.4 Å². The summed E-state index contributed by atoms with van der Waals surface area (Å²) in [6.07, 6.45) is 2.25. The van der Waals surface area contributed by atoms with Gasteiger partial charge in [0.15, 0.2) is 0 Å². The summed E-state index contributed by atoms with van der Waals surface area (Å²) in [7, 11) is 1.74. The molecule has 3 rings (SSSR count). The van der Waals surface area contributed by atoms with Crippen LogP contribution in [0, 0.1) is 12.8 Å². The Kier molecular flexibility index (Phi) is 3.64. The fourth-order valence-electron chi connectivity index (χ4n) is 3.06. The minimum absolute atomic E-state index is 0.649. The highest BCUT2D eigenvalue weighted by Gasteiger charge is 2.22. The molecule has 0 saturated carbocycles. The number of benzene rings is 2. The van der Waals surface area contributed by atoms with Gasteiger partial charge < -0.3 is 10.1 Å². The van der Waals surface area contributed by atoms with Crippen LogP contribution in [0.4, 0.5) is 5.69 Å². The number of hydrogen-bond acceptors (Lipinski definition) is 2. The molecule has 0 radical (unpaired) electrons. The van der Waals surface area contributed by atoms with E-state index in [1.165, 1.54) is 22.4 Å². The second-order valence-corrected chi connectivity index (χ2v) is 5.58. The molecule has 0 aromatic heterocycles. The van der Waals surface area contributed by atoms with Crippen molar-refractivity contribution >= 4 is 5.69 Å². The fraction of sp³-hybridized carbons (Fsp3) is 0.333. The van der Waals surface area contributed by atoms with Crippen molar-refractivity contribution < 1.29 is 4.74 Å². The molecule has 0 saturated heterocycles. The van der Waals surface area contributed by atoms with Gasteiger partial charge in [-0.2, -0.15) is 0 Å². The van der Waals surface area contributed by atoms with E-state index in [0.717, 1.165) is 25.1 Å². The molecule has 104 valence electrons. The Morgan fingerprint density at radius 2 is 1.95 bits per heavy atom. The molecule has 2 aromatic carbocycles. The number of rotatable bonds is 3. The summed E-state index contributed by atoms with van der Waals surface area (Å²) >= 11 is 0. The van der Waals surface area contributed by atoms with Crippen molar-refractivity contribution in [2.45, 2.75) is 19.8 Å². The maximum absolute atomic E-state index is 5.46. The Labute approximate surface area is 120 Å². The van der Waals surface area contributed by atoms with E-state index in [9.17, 15) is 0 Å². The molecule has 0 bridgehead atoms. The SMILES string of the molecule is COc1ccc(C)c2c1NCC(Cc1ccccc1)C2. The first-order valence-electron chi connectivity index (χ1n) is 7.22. The Balaban J connectivity index is 1.82. The molecule has 1 N–H and O–H groups in total. The summed E-state index contributed by atoms with van der Waals surface area (Å²) in [5.74, 6) is 1.61. The van der Waals surface area contributed by atoms with Crippen molar-refractivity contribution in [3.8, 4) is 5.75 Å². The first-order valence-corrected chi connectivity index (χ1v) is 7.22. The summed E-state index contributed by atoms with van der Waals surface area (Å²) in [5, 5.41) is 3.57. The van der Waals surface area contributed by atoms with Crippen LogP contribution in [0.5, 0.6) is 5.75 Å². The monoisotopic (exact) mass is 267 g/mol. The minimum atomic E-state index is 0.649. The van der Waals surface area contributed by atoms with Gasteiger partial charge in [-0.05, 0) is 48.4 Å². The van der Waals surface area contributed by atoms with E-state index < -0.39 is 0 Å². The molecule has 0 fully saturated rings. The molecule has 1 aliphatic rings. The summed E-state index contributed by atoms with van der Waals surface area (Å²) in [4.78, 5) is 0. The topological polar surface area (TPSA) is 21.3 Å². The lowest BCUT2D eigenvalue weighted by Crippen LogP contribution is -2.26. The normalized spacial score (nSPS) is 17.2. The van der Waals surface area contributed by atoms with Gasteiger partial charge in [0.05, 0.1) is 12.8 Å². The lowest BCUT2D eigenvalue weighted by atomic mass is 9.86. The van der Waals surface area contributed by atoms with Crippen molar-refractivity contribution in [3.63, 3.8) is 0 Å². The van der Waals surface area contributed by atoms with E-state index >= 15 is 0 Å². The molecule has 1 unspecified atom stereocenters. The Morgan fingerprint density at radius 1 is 1.15 bits per heavy atom. The minimum Gasteiger partial charge on any atom is -0.495 e. The molecule has 2 heteroatoms. The zero-order chi connectivity index (χ0) is 13.9. The third-order valence-corrected chi connectivity index (χ3v) is 4.16. The van der Waals surface area contributed by atoms with Crippen LogP contribution in [0.3, 0.4) is 0 Å². The van der Waals surface area contributed by atoms with Crippen LogP contribution in [-0.2, 0) is 12.8 Å². The van der Waals surface area contributed by atoms with Crippen LogP contribution in [0.2, 0.25) is 0 Å². The van der Waals surface area contributed by atoms with Gasteiger partial charge >= 0.3 is 0 Å². The quantitative estimate of drug-likeness (QED) is 0.912. The van der Waals surface area contributed by atoms with Crippen LogP contribution < -0.4 is 10.1 Å². The summed E-state index contributed by atoms with van der Waals surface area (Å²) in [5.41, 5.74) is 5.38. The van der Waals surface area contributed by atoms with Crippen molar-refractivity contribution in [3.05, 3.63) is 59.2 Å². The number of anilines is 1. The van der Waals surface area contributed by atoms with Gasteiger partial charge in [0, 0.05) is 6.54 Å². The largest absolute Gasteiger partial charge is 0.495 e. The molecule has 1 atom stereocenters. The zero-order valence-corrected chi connectivity index (χ0v) is 12.1. The van der Waals surface area contributed by atoms with Crippen LogP contribution >= 0.6 is 0 Å². The average Bonchev–Trinajstić information content (AvgIpc) is 2.49. The standard InChI is InChI=1S/C18H21NO/c1-13-8-9-17(20-2)18-16(13)11-15(12-19-18)10-14-6-4-3-5-7-14/h3-9,15,19H,10-12H2,1-2H3. The maximum Gasteiger partial charge on any atom is 0.142 e. The van der Waals surface area contributed by atoms with E-state index in [0.29, 0.717) is 5.92 Å². The van der Waals surface area contributed by atoms with Crippen LogP contribution in [-0.4, -0.2) is 13.7 Å². The Hall–Kier alpha value is -1.96. The van der Waals surface area contributed by atoms with E-state index in [-0.39, 0.29) is 0 Å². The predicted molar refractivity (Wildman–Crippen MR) is 83.6 cm³/mol. The molecule has 0 aliphatic carbocycles. The van der Waals surface area contributed by atoms with Gasteiger partial charge in [0.2, 0.25) is 0 Å². The highest BCUT2D eigenvalue weighted by atomic mass is 16.5. The molecule has 20 heavy (non-hydrogen) atoms. The zero-order valence-electron chi connectivity index (χ0n) is 12.1. The molecule has 0 amide bonds. The van der Waals surface area contributed by atoms with Gasteiger partial charge in [0.1, 0.15) is 5.75 Å². The Bertz CT molecular complexity index is 592. The lowest BCUT2D eigenvalue weighted by Gasteiger charge is -2.29. The molecular weight excluding hydrogens is 246 g/mol. The third kappa shape index (κ3) is 2.51. The highest BCUT2D eigenvalue weighted by Crippen LogP contribution is 2.36. The molecule has 2 nitrogen and oxygen atoms in total. The summed E-state index contributed by atoms with van der Waals surface area (Å²) < 4.78 is 5.46. The first kappa shape index (κ1) is 13.0. The molecular formula is C18H21NO. The average molecular weight is 267 g/mol. The van der Waals surface area contributed by atoms with Gasteiger partial charge in [-0.3, -0.25) is 0 Å². The van der Waals surface area contributed by atoms with Crippen molar-refractivity contribution in [2.24, 2.45) is 5.92 Å². The number of hydrogen-bond donors (Lipinski definition) is 1. The second-order valence-electron chi connectivity index (χ2n) is 5.58. The summed E-state index contributed by atoms with van der Waals surface area (Å²) in [6, 6.07) is 15.0.